The molecule has 4 rings (SSSR count). The van der Waals surface area contributed by atoms with E-state index >= 15 is 0 Å². The first-order valence-electron chi connectivity index (χ1n) is 10.8. The second kappa shape index (κ2) is 8.49. The van der Waals surface area contributed by atoms with Gasteiger partial charge in [-0.15, -0.1) is 0 Å². The Balaban J connectivity index is 1.50. The molecular weight excluding hydrogens is 402 g/mol. The summed E-state index contributed by atoms with van der Waals surface area (Å²) in [4.78, 5) is 21.3. The average molecular weight is 432 g/mol. The van der Waals surface area contributed by atoms with E-state index in [1.165, 1.54) is 0 Å². The fraction of sp³-hybridized carbons (Fsp3) is 0.320. The van der Waals surface area contributed by atoms with Crippen LogP contribution in [0.15, 0.2) is 60.8 Å². The number of alkyl carbamates (subject to hydrolysis) is 1. The lowest BCUT2D eigenvalue weighted by atomic mass is 9.72. The number of hydrogen-bond acceptors (Lipinski definition) is 6. The van der Waals surface area contributed by atoms with Crippen LogP contribution in [0.4, 0.5) is 22.0 Å². The van der Waals surface area contributed by atoms with Crippen molar-refractivity contribution in [1.82, 2.24) is 15.3 Å². The van der Waals surface area contributed by atoms with Crippen LogP contribution in [0, 0.1) is 0 Å². The molecule has 1 amide bonds. The van der Waals surface area contributed by atoms with Crippen molar-refractivity contribution in [2.45, 2.75) is 51.2 Å². The van der Waals surface area contributed by atoms with Gasteiger partial charge in [0.2, 0.25) is 0 Å². The minimum atomic E-state index is -0.529. The summed E-state index contributed by atoms with van der Waals surface area (Å²) in [6, 6.07) is 17.7. The molecule has 7 nitrogen and oxygen atoms in total. The Morgan fingerprint density at radius 3 is 2.34 bits per heavy atom. The van der Waals surface area contributed by atoms with Gasteiger partial charge in [-0.05, 0) is 57.7 Å². The number of ether oxygens (including phenoxy) is 1. The largest absolute Gasteiger partial charge is 0.444 e. The highest BCUT2D eigenvalue weighted by molar-refractivity contribution is 5.72. The zero-order chi connectivity index (χ0) is 22.8. The van der Waals surface area contributed by atoms with Crippen LogP contribution >= 0.6 is 0 Å². The smallest absolute Gasteiger partial charge is 0.408 e. The number of carbonyl (C=O) groups excluding carboxylic acids is 1. The van der Waals surface area contributed by atoms with E-state index in [1.54, 1.807) is 6.20 Å². The Bertz CT molecular complexity index is 1090. The molecular formula is C25H29N5O2. The maximum absolute atomic E-state index is 12.4. The maximum atomic E-state index is 12.4. The molecule has 1 saturated carbocycles. The SMILES string of the molecule is CC(C)(C)OC(=O)NC1(c2ccc(Nc3nc(-c4ccccc4)ncc3N)cc2)CCC1. The van der Waals surface area contributed by atoms with Gasteiger partial charge in [0.25, 0.3) is 0 Å². The second-order valence-corrected chi connectivity index (χ2v) is 9.13. The zero-order valence-electron chi connectivity index (χ0n) is 18.7. The summed E-state index contributed by atoms with van der Waals surface area (Å²) >= 11 is 0. The number of nitrogens with zero attached hydrogens (tertiary/aromatic N) is 2. The summed E-state index contributed by atoms with van der Waals surface area (Å²) in [6.07, 6.45) is 4.06. The van der Waals surface area contributed by atoms with Crippen molar-refractivity contribution in [3.63, 3.8) is 0 Å². The van der Waals surface area contributed by atoms with E-state index in [9.17, 15) is 4.79 Å². The van der Waals surface area contributed by atoms with Crippen LogP contribution in [0.1, 0.15) is 45.6 Å². The summed E-state index contributed by atoms with van der Waals surface area (Å²) in [5.41, 5.74) is 8.49. The number of nitrogens with two attached hydrogens (primary N) is 1. The molecule has 1 aliphatic rings. The Morgan fingerprint density at radius 1 is 1.06 bits per heavy atom. The molecule has 0 atom stereocenters. The summed E-state index contributed by atoms with van der Waals surface area (Å²) in [6.45, 7) is 5.59. The normalized spacial score (nSPS) is 14.8. The molecule has 0 aliphatic heterocycles. The molecule has 0 saturated heterocycles. The lowest BCUT2D eigenvalue weighted by Gasteiger charge is -2.43. The van der Waals surface area contributed by atoms with Crippen LogP contribution in [0.5, 0.6) is 0 Å². The van der Waals surface area contributed by atoms with Crippen LogP contribution in [0.3, 0.4) is 0 Å². The first kappa shape index (κ1) is 21.6. The molecule has 2 aromatic carbocycles. The van der Waals surface area contributed by atoms with Crippen molar-refractivity contribution in [1.29, 1.82) is 0 Å². The first-order valence-corrected chi connectivity index (χ1v) is 10.8. The van der Waals surface area contributed by atoms with Gasteiger partial charge in [0.15, 0.2) is 11.6 Å². The van der Waals surface area contributed by atoms with Gasteiger partial charge in [-0.2, -0.15) is 0 Å². The van der Waals surface area contributed by atoms with E-state index in [1.807, 2.05) is 75.4 Å². The average Bonchev–Trinajstić information content (AvgIpc) is 2.72. The minimum absolute atomic E-state index is 0.380. The van der Waals surface area contributed by atoms with Crippen molar-refractivity contribution in [2.75, 3.05) is 11.1 Å². The lowest BCUT2D eigenvalue weighted by Crippen LogP contribution is -2.52. The standard InChI is InChI=1S/C25H29N5O2/c1-24(2,3)32-23(31)30-25(14-7-15-25)18-10-12-19(13-11-18)28-22-20(26)16-27-21(29-22)17-8-5-4-6-9-17/h4-6,8-13,16H,7,14-15,26H2,1-3H3,(H,30,31)(H,27,28,29). The van der Waals surface area contributed by atoms with Crippen LogP contribution in [-0.2, 0) is 10.3 Å². The second-order valence-electron chi connectivity index (χ2n) is 9.13. The Kier molecular flexibility index (Phi) is 5.74. The van der Waals surface area contributed by atoms with E-state index in [4.69, 9.17) is 10.5 Å². The number of hydrogen-bond donors (Lipinski definition) is 3. The van der Waals surface area contributed by atoms with E-state index in [0.29, 0.717) is 17.3 Å². The summed E-state index contributed by atoms with van der Waals surface area (Å²) in [5, 5.41) is 6.37. The van der Waals surface area contributed by atoms with Crippen molar-refractivity contribution in [3.8, 4) is 11.4 Å². The number of rotatable bonds is 5. The number of aromatic nitrogens is 2. The zero-order valence-corrected chi connectivity index (χ0v) is 18.7. The third-order valence-electron chi connectivity index (χ3n) is 5.50. The monoisotopic (exact) mass is 431 g/mol. The van der Waals surface area contributed by atoms with Crippen molar-refractivity contribution in [2.24, 2.45) is 0 Å². The molecule has 7 heteroatoms. The third kappa shape index (κ3) is 4.82. The fourth-order valence-electron chi connectivity index (χ4n) is 3.74. The molecule has 1 aliphatic carbocycles. The van der Waals surface area contributed by atoms with E-state index in [0.717, 1.165) is 36.1 Å². The molecule has 0 radical (unpaired) electrons. The molecule has 1 fully saturated rings. The molecule has 3 aromatic rings. The van der Waals surface area contributed by atoms with Crippen LogP contribution in [0.2, 0.25) is 0 Å². The van der Waals surface area contributed by atoms with Gasteiger partial charge in [0.1, 0.15) is 5.60 Å². The topological polar surface area (TPSA) is 102 Å². The Morgan fingerprint density at radius 2 is 1.75 bits per heavy atom. The molecule has 166 valence electrons. The fourth-order valence-corrected chi connectivity index (χ4v) is 3.74. The predicted octanol–water partition coefficient (Wildman–Crippen LogP) is 5.37. The van der Waals surface area contributed by atoms with E-state index in [2.05, 4.69) is 20.6 Å². The van der Waals surface area contributed by atoms with Crippen LogP contribution < -0.4 is 16.4 Å². The first-order chi connectivity index (χ1) is 15.2. The number of anilines is 3. The summed E-state index contributed by atoms with van der Waals surface area (Å²) in [5.74, 6) is 1.16. The number of benzene rings is 2. The maximum Gasteiger partial charge on any atom is 0.408 e. The third-order valence-corrected chi connectivity index (χ3v) is 5.50. The van der Waals surface area contributed by atoms with Gasteiger partial charge in [-0.3, -0.25) is 0 Å². The van der Waals surface area contributed by atoms with Crippen molar-refractivity contribution in [3.05, 3.63) is 66.4 Å². The quantitative estimate of drug-likeness (QED) is 0.502. The van der Waals surface area contributed by atoms with Crippen molar-refractivity contribution < 1.29 is 9.53 Å². The molecule has 0 unspecified atom stereocenters. The molecule has 1 heterocycles. The molecule has 32 heavy (non-hydrogen) atoms. The van der Waals surface area contributed by atoms with Gasteiger partial charge in [0, 0.05) is 11.3 Å². The number of nitrogens with one attached hydrogen (secondary N) is 2. The number of amides is 1. The van der Waals surface area contributed by atoms with Gasteiger partial charge in [-0.25, -0.2) is 14.8 Å². The molecule has 4 N–H and O–H groups in total. The van der Waals surface area contributed by atoms with E-state index in [-0.39, 0.29) is 11.6 Å². The Hall–Kier alpha value is -3.61. The minimum Gasteiger partial charge on any atom is -0.444 e. The number of carbonyl (C=O) groups is 1. The molecule has 1 aromatic heterocycles. The van der Waals surface area contributed by atoms with E-state index < -0.39 is 5.60 Å². The van der Waals surface area contributed by atoms with Crippen LogP contribution in [-0.4, -0.2) is 21.7 Å². The van der Waals surface area contributed by atoms with Crippen molar-refractivity contribution >= 4 is 23.3 Å². The van der Waals surface area contributed by atoms with Gasteiger partial charge < -0.3 is 21.1 Å². The molecule has 0 spiro atoms. The van der Waals surface area contributed by atoms with Gasteiger partial charge in [-0.1, -0.05) is 42.5 Å². The summed E-state index contributed by atoms with van der Waals surface area (Å²) in [7, 11) is 0. The predicted molar refractivity (Wildman–Crippen MR) is 127 cm³/mol. The number of nitrogen functional groups attached to an aromatic ring is 1. The highest BCUT2D eigenvalue weighted by Crippen LogP contribution is 2.42. The lowest BCUT2D eigenvalue weighted by molar-refractivity contribution is 0.0377. The van der Waals surface area contributed by atoms with Gasteiger partial charge in [0.05, 0.1) is 17.4 Å². The summed E-state index contributed by atoms with van der Waals surface area (Å²) < 4.78 is 5.46. The van der Waals surface area contributed by atoms with Crippen LogP contribution in [0.25, 0.3) is 11.4 Å². The Labute approximate surface area is 188 Å². The highest BCUT2D eigenvalue weighted by atomic mass is 16.6. The molecule has 0 bridgehead atoms. The highest BCUT2D eigenvalue weighted by Gasteiger charge is 2.41. The van der Waals surface area contributed by atoms with Gasteiger partial charge >= 0.3 is 6.09 Å².